The van der Waals surface area contributed by atoms with Crippen molar-refractivity contribution in [2.24, 2.45) is 0 Å². The molecule has 1 N–H and O–H groups in total. The number of likely N-dealkylation sites (N-methyl/N-ethyl adjacent to an activating group) is 1. The van der Waals surface area contributed by atoms with Crippen LogP contribution in [0.5, 0.6) is 5.75 Å². The molecule has 5 nitrogen and oxygen atoms in total. The van der Waals surface area contributed by atoms with E-state index >= 15 is 0 Å². The quantitative estimate of drug-likeness (QED) is 0.865. The molecule has 0 unspecified atom stereocenters. The molecule has 1 amide bonds. The van der Waals surface area contributed by atoms with Crippen LogP contribution in [-0.2, 0) is 11.0 Å². The summed E-state index contributed by atoms with van der Waals surface area (Å²) in [4.78, 5) is 17.3. The first-order valence-electron chi connectivity index (χ1n) is 7.08. The lowest BCUT2D eigenvalue weighted by Gasteiger charge is -2.19. The number of ether oxygens (including phenoxy) is 1. The molecular weight excluding hydrogens is 359 g/mol. The summed E-state index contributed by atoms with van der Waals surface area (Å²) in [5.74, 6) is -0.0112. The lowest BCUT2D eigenvalue weighted by atomic mass is 10.2. The second-order valence-electron chi connectivity index (χ2n) is 5.15. The fourth-order valence-electron chi connectivity index (χ4n) is 2.07. The van der Waals surface area contributed by atoms with Gasteiger partial charge in [0.05, 0.1) is 24.9 Å². The minimum atomic E-state index is -4.48. The Hall–Kier alpha value is -2.48. The number of nitrogens with zero attached hydrogens (tertiary/aromatic N) is 2. The number of anilines is 2. The predicted molar refractivity (Wildman–Crippen MR) is 89.1 cm³/mol. The van der Waals surface area contributed by atoms with Crippen LogP contribution in [-0.4, -0.2) is 31.6 Å². The SMILES string of the molecule is COc1ccc(Cl)cc1NC(=O)CN(C)c1cc(C(F)(F)F)ccn1. The molecule has 0 spiro atoms. The number of carbonyl (C=O) groups excluding carboxylic acids is 1. The van der Waals surface area contributed by atoms with Crippen LogP contribution >= 0.6 is 11.6 Å². The van der Waals surface area contributed by atoms with E-state index in [-0.39, 0.29) is 12.4 Å². The van der Waals surface area contributed by atoms with Crippen molar-refractivity contribution in [3.05, 3.63) is 47.1 Å². The Kier molecular flexibility index (Phi) is 5.73. The van der Waals surface area contributed by atoms with Crippen molar-refractivity contribution in [3.63, 3.8) is 0 Å². The van der Waals surface area contributed by atoms with Crippen molar-refractivity contribution in [2.45, 2.75) is 6.18 Å². The van der Waals surface area contributed by atoms with E-state index < -0.39 is 17.6 Å². The van der Waals surface area contributed by atoms with E-state index in [0.29, 0.717) is 16.5 Å². The highest BCUT2D eigenvalue weighted by Gasteiger charge is 2.31. The molecular formula is C16H15ClF3N3O2. The Morgan fingerprint density at radius 3 is 2.68 bits per heavy atom. The van der Waals surface area contributed by atoms with Gasteiger partial charge in [-0.1, -0.05) is 11.6 Å². The van der Waals surface area contributed by atoms with Crippen LogP contribution in [0.15, 0.2) is 36.5 Å². The molecule has 0 saturated carbocycles. The van der Waals surface area contributed by atoms with Gasteiger partial charge in [0.25, 0.3) is 0 Å². The molecule has 1 heterocycles. The van der Waals surface area contributed by atoms with Gasteiger partial charge < -0.3 is 15.0 Å². The summed E-state index contributed by atoms with van der Waals surface area (Å²) in [7, 11) is 2.91. The Morgan fingerprint density at radius 1 is 1.32 bits per heavy atom. The largest absolute Gasteiger partial charge is 0.495 e. The monoisotopic (exact) mass is 373 g/mol. The highest BCUT2D eigenvalue weighted by atomic mass is 35.5. The summed E-state index contributed by atoms with van der Waals surface area (Å²) in [5.41, 5.74) is -0.466. The Bertz CT molecular complexity index is 769. The highest BCUT2D eigenvalue weighted by molar-refractivity contribution is 6.31. The van der Waals surface area contributed by atoms with Gasteiger partial charge in [-0.25, -0.2) is 4.98 Å². The molecule has 0 aliphatic heterocycles. The number of alkyl halides is 3. The average molecular weight is 374 g/mol. The summed E-state index contributed by atoms with van der Waals surface area (Å²) < 4.78 is 43.4. The third-order valence-electron chi connectivity index (χ3n) is 3.28. The summed E-state index contributed by atoms with van der Waals surface area (Å²) in [5, 5.41) is 3.01. The number of pyridine rings is 1. The number of methoxy groups -OCH3 is 1. The van der Waals surface area contributed by atoms with Gasteiger partial charge >= 0.3 is 6.18 Å². The maximum atomic E-state index is 12.8. The number of benzene rings is 1. The van der Waals surface area contributed by atoms with Crippen LogP contribution in [0.4, 0.5) is 24.7 Å². The molecule has 134 valence electrons. The van der Waals surface area contributed by atoms with Crippen LogP contribution < -0.4 is 15.0 Å². The van der Waals surface area contributed by atoms with Crippen molar-refractivity contribution < 1.29 is 22.7 Å². The molecule has 0 atom stereocenters. The van der Waals surface area contributed by atoms with Crippen LogP contribution in [0, 0.1) is 0 Å². The summed E-state index contributed by atoms with van der Waals surface area (Å²) >= 11 is 5.89. The van der Waals surface area contributed by atoms with E-state index in [1.807, 2.05) is 0 Å². The number of halogens is 4. The van der Waals surface area contributed by atoms with E-state index in [4.69, 9.17) is 16.3 Å². The van der Waals surface area contributed by atoms with Crippen LogP contribution in [0.3, 0.4) is 0 Å². The van der Waals surface area contributed by atoms with Crippen LogP contribution in [0.2, 0.25) is 5.02 Å². The molecule has 0 radical (unpaired) electrons. The van der Waals surface area contributed by atoms with Gasteiger partial charge in [-0.15, -0.1) is 0 Å². The van der Waals surface area contributed by atoms with Crippen molar-refractivity contribution >= 4 is 29.0 Å². The number of amides is 1. The third-order valence-corrected chi connectivity index (χ3v) is 3.52. The van der Waals surface area contributed by atoms with E-state index in [0.717, 1.165) is 18.3 Å². The number of nitrogens with one attached hydrogen (secondary N) is 1. The average Bonchev–Trinajstić information content (AvgIpc) is 2.54. The fraction of sp³-hybridized carbons (Fsp3) is 0.250. The summed E-state index contributed by atoms with van der Waals surface area (Å²) in [6.07, 6.45) is -3.43. The zero-order chi connectivity index (χ0) is 18.6. The van der Waals surface area contributed by atoms with Gasteiger partial charge in [-0.2, -0.15) is 13.2 Å². The normalized spacial score (nSPS) is 11.1. The number of hydrogen-bond donors (Lipinski definition) is 1. The molecule has 25 heavy (non-hydrogen) atoms. The number of rotatable bonds is 5. The molecule has 0 fully saturated rings. The van der Waals surface area contributed by atoms with E-state index in [1.54, 1.807) is 12.1 Å². The number of hydrogen-bond acceptors (Lipinski definition) is 4. The van der Waals surface area contributed by atoms with Crippen LogP contribution in [0.1, 0.15) is 5.56 Å². The molecule has 0 aliphatic rings. The highest BCUT2D eigenvalue weighted by Crippen LogP contribution is 2.31. The van der Waals surface area contributed by atoms with Gasteiger partial charge in [0.1, 0.15) is 11.6 Å². The lowest BCUT2D eigenvalue weighted by Crippen LogP contribution is -2.31. The smallest absolute Gasteiger partial charge is 0.416 e. The minimum absolute atomic E-state index is 0.0306. The van der Waals surface area contributed by atoms with Gasteiger partial charge in [0.15, 0.2) is 0 Å². The lowest BCUT2D eigenvalue weighted by molar-refractivity contribution is -0.137. The maximum absolute atomic E-state index is 12.8. The third kappa shape index (κ3) is 4.99. The van der Waals surface area contributed by atoms with Gasteiger partial charge in [0.2, 0.25) is 5.91 Å². The molecule has 2 aromatic rings. The van der Waals surface area contributed by atoms with Crippen molar-refractivity contribution in [3.8, 4) is 5.75 Å². The van der Waals surface area contributed by atoms with Crippen LogP contribution in [0.25, 0.3) is 0 Å². The molecule has 9 heteroatoms. The zero-order valence-corrected chi connectivity index (χ0v) is 14.1. The van der Waals surface area contributed by atoms with Crippen molar-refractivity contribution in [1.29, 1.82) is 0 Å². The molecule has 2 rings (SSSR count). The molecule has 0 bridgehead atoms. The van der Waals surface area contributed by atoms with Crippen molar-refractivity contribution in [2.75, 3.05) is 30.9 Å². The maximum Gasteiger partial charge on any atom is 0.416 e. The van der Waals surface area contributed by atoms with E-state index in [9.17, 15) is 18.0 Å². The summed E-state index contributed by atoms with van der Waals surface area (Å²) in [6.45, 7) is -0.204. The minimum Gasteiger partial charge on any atom is -0.495 e. The Morgan fingerprint density at radius 2 is 2.04 bits per heavy atom. The molecule has 0 saturated heterocycles. The standard InChI is InChI=1S/C16H15ClF3N3O2/c1-23(14-7-10(5-6-21-14)16(18,19)20)9-15(24)22-12-8-11(17)3-4-13(12)25-2/h3-8H,9H2,1-2H3,(H,22,24). The Labute approximate surface area is 147 Å². The first-order valence-corrected chi connectivity index (χ1v) is 7.46. The van der Waals surface area contributed by atoms with Gasteiger partial charge in [-0.3, -0.25) is 4.79 Å². The van der Waals surface area contributed by atoms with E-state index in [1.165, 1.54) is 25.1 Å². The topological polar surface area (TPSA) is 54.5 Å². The van der Waals surface area contributed by atoms with Crippen molar-refractivity contribution in [1.82, 2.24) is 4.98 Å². The van der Waals surface area contributed by atoms with E-state index in [2.05, 4.69) is 10.3 Å². The summed E-state index contributed by atoms with van der Waals surface area (Å²) in [6, 6.07) is 6.47. The Balaban J connectivity index is 2.09. The number of aromatic nitrogens is 1. The number of carbonyl (C=O) groups is 1. The molecule has 1 aromatic heterocycles. The molecule has 0 aliphatic carbocycles. The first kappa shape index (κ1) is 18.9. The predicted octanol–water partition coefficient (Wildman–Crippen LogP) is 3.84. The second-order valence-corrected chi connectivity index (χ2v) is 5.59. The fourth-order valence-corrected chi connectivity index (χ4v) is 2.24. The first-order chi connectivity index (χ1) is 11.7. The molecule has 1 aromatic carbocycles. The van der Waals surface area contributed by atoms with Gasteiger partial charge in [0, 0.05) is 18.3 Å². The zero-order valence-electron chi connectivity index (χ0n) is 13.4. The second kappa shape index (κ2) is 7.60. The van der Waals surface area contributed by atoms with Gasteiger partial charge in [-0.05, 0) is 30.3 Å².